The Bertz CT molecular complexity index is 226. The van der Waals surface area contributed by atoms with E-state index in [2.05, 4.69) is 6.92 Å². The SMILES string of the molecule is CCCCCCCCCCCCCCCCCC(N)=O.C[NH2+]C.[Cl-]. The van der Waals surface area contributed by atoms with Gasteiger partial charge in [-0.3, -0.25) is 4.79 Å². The number of quaternary nitrogens is 1. The minimum atomic E-state index is -0.153. The Morgan fingerprint density at radius 3 is 1.17 bits per heavy atom. The quantitative estimate of drug-likeness (QED) is 0.401. The van der Waals surface area contributed by atoms with Gasteiger partial charge in [-0.25, -0.2) is 0 Å². The van der Waals surface area contributed by atoms with E-state index in [1.54, 1.807) is 0 Å². The number of amides is 1. The lowest BCUT2D eigenvalue weighted by Crippen LogP contribution is -3.00. The van der Waals surface area contributed by atoms with Gasteiger partial charge in [-0.2, -0.15) is 0 Å². The molecule has 1 amide bonds. The van der Waals surface area contributed by atoms with Crippen molar-refractivity contribution in [2.24, 2.45) is 5.73 Å². The lowest BCUT2D eigenvalue weighted by Gasteiger charge is -2.03. The summed E-state index contributed by atoms with van der Waals surface area (Å²) in [5, 5.41) is 2.00. The number of rotatable bonds is 16. The van der Waals surface area contributed by atoms with Crippen LogP contribution < -0.4 is 23.5 Å². The number of halogens is 1. The van der Waals surface area contributed by atoms with Crippen LogP contribution in [0.4, 0.5) is 0 Å². The van der Waals surface area contributed by atoms with Crippen molar-refractivity contribution in [3.8, 4) is 0 Å². The third-order valence-corrected chi connectivity index (χ3v) is 4.03. The topological polar surface area (TPSA) is 59.7 Å². The van der Waals surface area contributed by atoms with Crippen LogP contribution in [0, 0.1) is 0 Å². The summed E-state index contributed by atoms with van der Waals surface area (Å²) in [6.45, 7) is 2.28. The highest BCUT2D eigenvalue weighted by atomic mass is 35.5. The fourth-order valence-electron chi connectivity index (χ4n) is 2.67. The van der Waals surface area contributed by atoms with E-state index >= 15 is 0 Å². The minimum Gasteiger partial charge on any atom is -1.00 e. The molecular weight excluding hydrogens is 320 g/mol. The Kier molecular flexibility index (Phi) is 32.8. The van der Waals surface area contributed by atoms with Gasteiger partial charge in [-0.05, 0) is 6.42 Å². The van der Waals surface area contributed by atoms with Crippen molar-refractivity contribution in [3.63, 3.8) is 0 Å². The fourth-order valence-corrected chi connectivity index (χ4v) is 2.67. The molecule has 0 aliphatic heterocycles. The standard InChI is InChI=1S/C18H37NO.C2H7N.ClH/c1-2-3-4-5-6-7-8-9-10-11-12-13-14-15-16-17-18(19)20;1-3-2;/h2-17H2,1H3,(H2,19,20);3H,1-2H3;1H. The van der Waals surface area contributed by atoms with Crippen LogP contribution in [0.5, 0.6) is 0 Å². The second-order valence-corrected chi connectivity index (χ2v) is 6.74. The van der Waals surface area contributed by atoms with E-state index in [9.17, 15) is 4.79 Å². The van der Waals surface area contributed by atoms with Crippen LogP contribution >= 0.6 is 0 Å². The number of nitrogens with two attached hydrogens (primary N) is 2. The second-order valence-electron chi connectivity index (χ2n) is 6.74. The smallest absolute Gasteiger partial charge is 0.217 e. The van der Waals surface area contributed by atoms with Gasteiger partial charge in [0.05, 0.1) is 14.1 Å². The summed E-state index contributed by atoms with van der Waals surface area (Å²) in [5.41, 5.74) is 5.11. The Balaban J connectivity index is -0.00000102. The molecule has 0 fully saturated rings. The molecule has 4 heteroatoms. The maximum atomic E-state index is 10.6. The van der Waals surface area contributed by atoms with Crippen LogP contribution in [0.15, 0.2) is 0 Å². The Hall–Kier alpha value is -0.280. The van der Waals surface area contributed by atoms with Crippen molar-refractivity contribution in [1.82, 2.24) is 0 Å². The van der Waals surface area contributed by atoms with Crippen molar-refractivity contribution in [3.05, 3.63) is 0 Å². The molecule has 0 heterocycles. The normalized spacial score (nSPS) is 9.79. The number of carbonyl (C=O) groups is 1. The lowest BCUT2D eigenvalue weighted by atomic mass is 10.0. The predicted molar refractivity (Wildman–Crippen MR) is 103 cm³/mol. The summed E-state index contributed by atoms with van der Waals surface area (Å²) < 4.78 is 0. The van der Waals surface area contributed by atoms with Crippen molar-refractivity contribution < 1.29 is 22.5 Å². The molecule has 0 aliphatic carbocycles. The average Bonchev–Trinajstić information content (AvgIpc) is 2.51. The molecule has 0 rings (SSSR count). The van der Waals surface area contributed by atoms with Crippen molar-refractivity contribution in [2.75, 3.05) is 14.1 Å². The highest BCUT2D eigenvalue weighted by Crippen LogP contribution is 2.13. The van der Waals surface area contributed by atoms with E-state index in [1.807, 2.05) is 19.4 Å². The first kappa shape index (κ1) is 28.5. The van der Waals surface area contributed by atoms with Crippen LogP contribution in [0.3, 0.4) is 0 Å². The number of primary amides is 1. The third kappa shape index (κ3) is 33.4. The molecule has 148 valence electrons. The molecule has 0 radical (unpaired) electrons. The van der Waals surface area contributed by atoms with E-state index < -0.39 is 0 Å². The Morgan fingerprint density at radius 1 is 0.667 bits per heavy atom. The van der Waals surface area contributed by atoms with E-state index in [4.69, 9.17) is 5.73 Å². The molecule has 24 heavy (non-hydrogen) atoms. The summed E-state index contributed by atoms with van der Waals surface area (Å²) >= 11 is 0. The fraction of sp³-hybridized carbons (Fsp3) is 0.950. The summed E-state index contributed by atoms with van der Waals surface area (Å²) in [6, 6.07) is 0. The molecule has 0 saturated heterocycles. The second kappa shape index (κ2) is 27.6. The van der Waals surface area contributed by atoms with Gasteiger partial charge >= 0.3 is 0 Å². The van der Waals surface area contributed by atoms with Crippen LogP contribution in [0.1, 0.15) is 110 Å². The largest absolute Gasteiger partial charge is 1.00 e. The van der Waals surface area contributed by atoms with E-state index in [0.717, 1.165) is 6.42 Å². The van der Waals surface area contributed by atoms with Crippen LogP contribution in [-0.2, 0) is 4.79 Å². The number of hydrogen-bond acceptors (Lipinski definition) is 1. The first-order valence-electron chi connectivity index (χ1n) is 10.2. The molecular formula is C20H45ClN2O. The average molecular weight is 365 g/mol. The summed E-state index contributed by atoms with van der Waals surface area (Å²) in [6.07, 6.45) is 20.9. The zero-order chi connectivity index (χ0) is 17.6. The zero-order valence-electron chi connectivity index (χ0n) is 16.8. The minimum absolute atomic E-state index is 0. The molecule has 0 aliphatic rings. The van der Waals surface area contributed by atoms with Crippen LogP contribution in [-0.4, -0.2) is 20.0 Å². The third-order valence-electron chi connectivity index (χ3n) is 4.03. The van der Waals surface area contributed by atoms with Gasteiger partial charge in [-0.1, -0.05) is 96.8 Å². The molecule has 4 N–H and O–H groups in total. The molecule has 0 bridgehead atoms. The highest BCUT2D eigenvalue weighted by Gasteiger charge is 1.96. The molecule has 0 unspecified atom stereocenters. The maximum absolute atomic E-state index is 10.6. The molecule has 0 aromatic heterocycles. The van der Waals surface area contributed by atoms with E-state index in [1.165, 1.54) is 89.9 Å². The summed E-state index contributed by atoms with van der Waals surface area (Å²) in [5.74, 6) is -0.153. The number of hydrogen-bond donors (Lipinski definition) is 2. The highest BCUT2D eigenvalue weighted by molar-refractivity contribution is 5.73. The number of unbranched alkanes of at least 4 members (excludes halogenated alkanes) is 14. The van der Waals surface area contributed by atoms with E-state index in [-0.39, 0.29) is 18.3 Å². The van der Waals surface area contributed by atoms with Gasteiger partial charge in [0.25, 0.3) is 0 Å². The van der Waals surface area contributed by atoms with Crippen molar-refractivity contribution >= 4 is 5.91 Å². The van der Waals surface area contributed by atoms with Gasteiger partial charge in [0.2, 0.25) is 5.91 Å². The Morgan fingerprint density at radius 2 is 0.917 bits per heavy atom. The van der Waals surface area contributed by atoms with Gasteiger partial charge in [0.15, 0.2) is 0 Å². The lowest BCUT2D eigenvalue weighted by molar-refractivity contribution is -0.597. The van der Waals surface area contributed by atoms with Gasteiger partial charge < -0.3 is 23.5 Å². The molecule has 0 aromatic carbocycles. The molecule has 0 saturated carbocycles. The Labute approximate surface area is 158 Å². The summed E-state index contributed by atoms with van der Waals surface area (Å²) in [4.78, 5) is 10.6. The van der Waals surface area contributed by atoms with Crippen LogP contribution in [0.25, 0.3) is 0 Å². The monoisotopic (exact) mass is 364 g/mol. The molecule has 0 atom stereocenters. The zero-order valence-corrected chi connectivity index (χ0v) is 17.5. The van der Waals surface area contributed by atoms with Gasteiger partial charge in [0, 0.05) is 6.42 Å². The number of carbonyl (C=O) groups excluding carboxylic acids is 1. The first-order valence-corrected chi connectivity index (χ1v) is 10.2. The predicted octanol–water partition coefficient (Wildman–Crippen LogP) is 1.55. The van der Waals surface area contributed by atoms with Gasteiger partial charge in [0.1, 0.15) is 0 Å². The van der Waals surface area contributed by atoms with Crippen molar-refractivity contribution in [1.29, 1.82) is 0 Å². The first-order chi connectivity index (χ1) is 11.2. The molecule has 0 aromatic rings. The molecule has 3 nitrogen and oxygen atoms in total. The molecule has 0 spiro atoms. The van der Waals surface area contributed by atoms with Crippen LogP contribution in [0.2, 0.25) is 0 Å². The summed E-state index contributed by atoms with van der Waals surface area (Å²) in [7, 11) is 4.00. The van der Waals surface area contributed by atoms with E-state index in [0.29, 0.717) is 6.42 Å². The van der Waals surface area contributed by atoms with Gasteiger partial charge in [-0.15, -0.1) is 0 Å². The van der Waals surface area contributed by atoms with Crippen molar-refractivity contribution in [2.45, 2.75) is 110 Å². The maximum Gasteiger partial charge on any atom is 0.217 e.